The minimum atomic E-state index is -0.516. The van der Waals surface area contributed by atoms with Crippen molar-refractivity contribution in [1.29, 1.82) is 0 Å². The summed E-state index contributed by atoms with van der Waals surface area (Å²) in [5.41, 5.74) is 4.84. The molecule has 1 unspecified atom stereocenters. The molecular weight excluding hydrogens is 468 g/mol. The van der Waals surface area contributed by atoms with Crippen molar-refractivity contribution in [3.8, 4) is 22.9 Å². The Morgan fingerprint density at radius 1 is 1.00 bits per heavy atom. The van der Waals surface area contributed by atoms with Gasteiger partial charge in [0.25, 0.3) is 5.89 Å². The average Bonchev–Trinajstić information content (AvgIpc) is 3.39. The first-order valence-corrected chi connectivity index (χ1v) is 12.1. The number of anilines is 1. The van der Waals surface area contributed by atoms with Crippen molar-refractivity contribution >= 4 is 17.3 Å². The van der Waals surface area contributed by atoms with E-state index in [0.717, 1.165) is 28.1 Å². The smallest absolute Gasteiger partial charge is 0.326 e. The third kappa shape index (κ3) is 4.78. The highest BCUT2D eigenvalue weighted by Crippen LogP contribution is 2.40. The number of ether oxygens (including phenoxy) is 2. The molecule has 0 aliphatic carbocycles. The summed E-state index contributed by atoms with van der Waals surface area (Å²) in [6.07, 6.45) is 0. The Hall–Kier alpha value is -4.59. The number of allylic oxidation sites excluding steroid dienone is 1. The Morgan fingerprint density at radius 2 is 1.78 bits per heavy atom. The number of nitrogens with zero attached hydrogens (tertiary/aromatic N) is 3. The van der Waals surface area contributed by atoms with Crippen LogP contribution in [0, 0.1) is 6.92 Å². The molecule has 4 aromatic rings. The van der Waals surface area contributed by atoms with Gasteiger partial charge in [0.2, 0.25) is 5.82 Å². The zero-order chi connectivity index (χ0) is 25.9. The average molecular weight is 497 g/mol. The fourth-order valence-electron chi connectivity index (χ4n) is 4.49. The van der Waals surface area contributed by atoms with E-state index in [1.807, 2.05) is 93.6 Å². The maximum Gasteiger partial charge on any atom is 0.326 e. The van der Waals surface area contributed by atoms with Crippen molar-refractivity contribution in [2.45, 2.75) is 26.8 Å². The van der Waals surface area contributed by atoms with E-state index in [1.165, 1.54) is 0 Å². The van der Waals surface area contributed by atoms with Gasteiger partial charge in [0.1, 0.15) is 11.5 Å². The van der Waals surface area contributed by atoms with Crippen LogP contribution in [0.5, 0.6) is 11.5 Å². The second-order valence-corrected chi connectivity index (χ2v) is 8.71. The largest absolute Gasteiger partial charge is 0.497 e. The van der Waals surface area contributed by atoms with Crippen molar-refractivity contribution in [1.82, 2.24) is 15.5 Å². The number of carbonyl (C=O) groups excluding carboxylic acids is 1. The molecule has 1 N–H and O–H groups in total. The minimum absolute atomic E-state index is 0.245. The third-order valence-electron chi connectivity index (χ3n) is 6.25. The number of nitrogens with one attached hydrogen (secondary N) is 1. The SMILES string of the molecule is CCOc1ccc(-c2noc(C3=C(C)N(c4cccc(C)c4)C(=O)NC3c3cccc(OC)c3)n2)cc1. The molecule has 1 atom stereocenters. The molecule has 0 fully saturated rings. The van der Waals surface area contributed by atoms with Crippen molar-refractivity contribution < 1.29 is 18.8 Å². The third-order valence-corrected chi connectivity index (χ3v) is 6.25. The first-order valence-electron chi connectivity index (χ1n) is 12.1. The molecular formula is C29H28N4O4. The van der Waals surface area contributed by atoms with E-state index >= 15 is 0 Å². The van der Waals surface area contributed by atoms with Crippen LogP contribution < -0.4 is 19.7 Å². The zero-order valence-corrected chi connectivity index (χ0v) is 21.2. The van der Waals surface area contributed by atoms with Gasteiger partial charge in [-0.05, 0) is 80.4 Å². The van der Waals surface area contributed by atoms with Gasteiger partial charge in [-0.15, -0.1) is 0 Å². The fraction of sp³-hybridized carbons (Fsp3) is 0.207. The predicted molar refractivity (Wildman–Crippen MR) is 141 cm³/mol. The predicted octanol–water partition coefficient (Wildman–Crippen LogP) is 6.15. The lowest BCUT2D eigenvalue weighted by molar-refractivity contribution is 0.244. The molecule has 2 amide bonds. The summed E-state index contributed by atoms with van der Waals surface area (Å²) in [7, 11) is 1.61. The van der Waals surface area contributed by atoms with Crippen LogP contribution in [0.3, 0.4) is 0 Å². The number of amides is 2. The summed E-state index contributed by atoms with van der Waals surface area (Å²) >= 11 is 0. The number of methoxy groups -OCH3 is 1. The summed E-state index contributed by atoms with van der Waals surface area (Å²) in [4.78, 5) is 19.8. The quantitative estimate of drug-likeness (QED) is 0.330. The topological polar surface area (TPSA) is 89.7 Å². The molecule has 1 aliphatic rings. The molecule has 188 valence electrons. The Morgan fingerprint density at radius 3 is 2.51 bits per heavy atom. The van der Waals surface area contributed by atoms with Gasteiger partial charge in [-0.3, -0.25) is 4.90 Å². The van der Waals surface area contributed by atoms with Crippen LogP contribution in [0.2, 0.25) is 0 Å². The van der Waals surface area contributed by atoms with Crippen molar-refractivity contribution in [2.75, 3.05) is 18.6 Å². The second-order valence-electron chi connectivity index (χ2n) is 8.71. The number of hydrogen-bond acceptors (Lipinski definition) is 6. The van der Waals surface area contributed by atoms with Gasteiger partial charge in [0.05, 0.1) is 31.0 Å². The standard InChI is InChI=1S/C29H28N4O4/c1-5-36-23-14-12-20(13-15-23)27-31-28(37-32-27)25-19(3)33(22-10-6-8-18(2)16-22)29(34)30-26(25)21-9-7-11-24(17-21)35-4/h6-17,26H,5H2,1-4H3,(H,30,34). The lowest BCUT2D eigenvalue weighted by atomic mass is 9.94. The fourth-order valence-corrected chi connectivity index (χ4v) is 4.49. The molecule has 37 heavy (non-hydrogen) atoms. The van der Waals surface area contributed by atoms with Crippen molar-refractivity contribution in [3.05, 3.63) is 95.5 Å². The van der Waals surface area contributed by atoms with E-state index in [2.05, 4.69) is 10.5 Å². The molecule has 0 saturated heterocycles. The monoisotopic (exact) mass is 496 g/mol. The van der Waals surface area contributed by atoms with Gasteiger partial charge in [-0.2, -0.15) is 4.98 Å². The number of urea groups is 1. The Labute approximate surface area is 215 Å². The van der Waals surface area contributed by atoms with E-state index < -0.39 is 6.04 Å². The highest BCUT2D eigenvalue weighted by molar-refractivity contribution is 6.01. The molecule has 1 aliphatic heterocycles. The molecule has 8 nitrogen and oxygen atoms in total. The van der Waals surface area contributed by atoms with Gasteiger partial charge >= 0.3 is 6.03 Å². The maximum absolute atomic E-state index is 13.4. The molecule has 1 aromatic heterocycles. The molecule has 0 radical (unpaired) electrons. The summed E-state index contributed by atoms with van der Waals surface area (Å²) < 4.78 is 16.8. The zero-order valence-electron chi connectivity index (χ0n) is 21.2. The molecule has 0 spiro atoms. The van der Waals surface area contributed by atoms with E-state index in [4.69, 9.17) is 19.0 Å². The first-order chi connectivity index (χ1) is 18.0. The van der Waals surface area contributed by atoms with Gasteiger partial charge < -0.3 is 19.3 Å². The van der Waals surface area contributed by atoms with Crippen molar-refractivity contribution in [2.24, 2.45) is 0 Å². The number of aromatic nitrogens is 2. The molecule has 0 bridgehead atoms. The Bertz CT molecular complexity index is 1460. The van der Waals surface area contributed by atoms with E-state index in [1.54, 1.807) is 12.0 Å². The van der Waals surface area contributed by atoms with Crippen LogP contribution in [0.4, 0.5) is 10.5 Å². The van der Waals surface area contributed by atoms with Crippen LogP contribution in [0.25, 0.3) is 17.0 Å². The van der Waals surface area contributed by atoms with Crippen LogP contribution in [-0.2, 0) is 0 Å². The summed E-state index contributed by atoms with van der Waals surface area (Å²) in [6.45, 7) is 6.42. The molecule has 8 heteroatoms. The maximum atomic E-state index is 13.4. The van der Waals surface area contributed by atoms with Gasteiger partial charge in [-0.1, -0.05) is 29.4 Å². The van der Waals surface area contributed by atoms with Gasteiger partial charge in [-0.25, -0.2) is 4.79 Å². The summed E-state index contributed by atoms with van der Waals surface area (Å²) in [5.74, 6) is 2.23. The number of hydrogen-bond donors (Lipinski definition) is 1. The summed E-state index contributed by atoms with van der Waals surface area (Å²) in [6, 6.07) is 22.1. The van der Waals surface area contributed by atoms with E-state index in [0.29, 0.717) is 35.3 Å². The van der Waals surface area contributed by atoms with Crippen LogP contribution in [-0.4, -0.2) is 29.9 Å². The van der Waals surface area contributed by atoms with Crippen LogP contribution >= 0.6 is 0 Å². The van der Waals surface area contributed by atoms with Crippen molar-refractivity contribution in [3.63, 3.8) is 0 Å². The highest BCUT2D eigenvalue weighted by Gasteiger charge is 2.36. The van der Waals surface area contributed by atoms with Crippen LogP contribution in [0.1, 0.15) is 36.9 Å². The molecule has 3 aromatic carbocycles. The number of rotatable bonds is 7. The number of aryl methyl sites for hydroxylation is 1. The van der Waals surface area contributed by atoms with Gasteiger partial charge in [0.15, 0.2) is 0 Å². The lowest BCUT2D eigenvalue weighted by Crippen LogP contribution is -2.46. The summed E-state index contributed by atoms with van der Waals surface area (Å²) in [5, 5.41) is 7.38. The van der Waals surface area contributed by atoms with Crippen LogP contribution in [0.15, 0.2) is 83.0 Å². The highest BCUT2D eigenvalue weighted by atomic mass is 16.5. The Balaban J connectivity index is 1.62. The number of carbonyl (C=O) groups is 1. The van der Waals surface area contributed by atoms with E-state index in [9.17, 15) is 4.79 Å². The first kappa shape index (κ1) is 24.1. The lowest BCUT2D eigenvalue weighted by Gasteiger charge is -2.35. The molecule has 2 heterocycles. The van der Waals surface area contributed by atoms with Gasteiger partial charge in [0, 0.05) is 11.3 Å². The minimum Gasteiger partial charge on any atom is -0.497 e. The molecule has 0 saturated carbocycles. The number of benzene rings is 3. The normalized spacial score (nSPS) is 15.5. The van der Waals surface area contributed by atoms with E-state index in [-0.39, 0.29) is 6.03 Å². The second kappa shape index (κ2) is 10.2. The Kier molecular flexibility index (Phi) is 6.64. The molecule has 5 rings (SSSR count).